The molecule has 0 saturated carbocycles. The average molecular weight is 415 g/mol. The number of esters is 1. The van der Waals surface area contributed by atoms with Crippen LogP contribution in [0.1, 0.15) is 78.1 Å². The van der Waals surface area contributed by atoms with Crippen molar-refractivity contribution >= 4 is 5.97 Å². The van der Waals surface area contributed by atoms with Gasteiger partial charge in [0.05, 0.1) is 36.6 Å². The van der Waals surface area contributed by atoms with Gasteiger partial charge in [0.15, 0.2) is 0 Å². The summed E-state index contributed by atoms with van der Waals surface area (Å²) in [5.41, 5.74) is 0.445. The average Bonchev–Trinajstić information content (AvgIpc) is 3.26. The summed E-state index contributed by atoms with van der Waals surface area (Å²) in [6, 6.07) is 0. The van der Waals surface area contributed by atoms with Crippen LogP contribution in [-0.4, -0.2) is 69.1 Å². The molecule has 0 aromatic carbocycles. The van der Waals surface area contributed by atoms with Gasteiger partial charge in [-0.1, -0.05) is 26.2 Å². The van der Waals surface area contributed by atoms with Gasteiger partial charge in [-0.3, -0.25) is 0 Å². The lowest BCUT2D eigenvalue weighted by molar-refractivity contribution is -0.139. The number of ether oxygens (including phenoxy) is 2. The highest BCUT2D eigenvalue weighted by Gasteiger charge is 2.34. The second-order valence-corrected chi connectivity index (χ2v) is 8.55. The number of unbranched alkanes of at least 4 members (excludes halogenated alkanes) is 2. The Morgan fingerprint density at radius 1 is 1.00 bits per heavy atom. The van der Waals surface area contributed by atoms with Gasteiger partial charge in [0.2, 0.25) is 0 Å². The zero-order valence-corrected chi connectivity index (χ0v) is 17.7. The van der Waals surface area contributed by atoms with Crippen molar-refractivity contribution in [1.82, 2.24) is 0 Å². The van der Waals surface area contributed by atoms with Crippen molar-refractivity contribution in [2.24, 2.45) is 0 Å². The van der Waals surface area contributed by atoms with E-state index < -0.39 is 30.4 Å². The van der Waals surface area contributed by atoms with E-state index >= 15 is 0 Å². The van der Waals surface area contributed by atoms with Crippen molar-refractivity contribution in [2.75, 3.05) is 0 Å². The summed E-state index contributed by atoms with van der Waals surface area (Å²) in [5.74, 6) is -0.411. The molecule has 2 aliphatic heterocycles. The lowest BCUT2D eigenvalue weighted by Gasteiger charge is -2.23. The second kappa shape index (κ2) is 12.0. The van der Waals surface area contributed by atoms with E-state index in [2.05, 4.69) is 6.92 Å². The van der Waals surface area contributed by atoms with E-state index in [1.165, 1.54) is 0 Å². The molecule has 7 atom stereocenters. The number of hydrogen-bond donors (Lipinski definition) is 4. The van der Waals surface area contributed by atoms with Gasteiger partial charge >= 0.3 is 5.97 Å². The predicted molar refractivity (Wildman–Crippen MR) is 108 cm³/mol. The molecular weight excluding hydrogens is 376 g/mol. The molecule has 7 nitrogen and oxygen atoms in total. The quantitative estimate of drug-likeness (QED) is 0.269. The Morgan fingerprint density at radius 3 is 2.24 bits per heavy atom. The van der Waals surface area contributed by atoms with Crippen molar-refractivity contribution in [2.45, 2.75) is 121 Å². The van der Waals surface area contributed by atoms with E-state index in [0.29, 0.717) is 24.8 Å². The number of rotatable bonds is 13. The standard InChI is InChI=1S/C22H38O7/c1-3-4-5-6-18(25)20-9-10-21(29-20)19(26)8-7-16(23)13-17(24)12-15-11-14(2)28-22(15)27/h11,14,16-21,23-26H,3-10,12-13H2,1-2H3/t14-,16-,17-,18+,19+,20+,21+/m0/s1. The van der Waals surface area contributed by atoms with Gasteiger partial charge in [-0.2, -0.15) is 0 Å². The SMILES string of the molecule is CCCCC[C@@H](O)[C@H]1CC[C@H]([C@H](O)CC[C@H](O)C[C@@H](O)CC2=C[C@H](C)OC2=O)O1. The molecule has 2 heterocycles. The number of cyclic esters (lactones) is 1. The Hall–Kier alpha value is -0.990. The van der Waals surface area contributed by atoms with Gasteiger partial charge in [-0.25, -0.2) is 4.79 Å². The monoisotopic (exact) mass is 414 g/mol. The zero-order valence-electron chi connectivity index (χ0n) is 17.7. The Morgan fingerprint density at radius 2 is 1.66 bits per heavy atom. The van der Waals surface area contributed by atoms with Gasteiger partial charge in [-0.15, -0.1) is 0 Å². The second-order valence-electron chi connectivity index (χ2n) is 8.55. The minimum Gasteiger partial charge on any atom is -0.455 e. The molecule has 2 rings (SSSR count). The predicted octanol–water partition coefficient (Wildman–Crippen LogP) is 1.99. The topological polar surface area (TPSA) is 116 Å². The highest BCUT2D eigenvalue weighted by atomic mass is 16.5. The first-order valence-electron chi connectivity index (χ1n) is 11.1. The van der Waals surface area contributed by atoms with Gasteiger partial charge in [-0.05, 0) is 51.5 Å². The van der Waals surface area contributed by atoms with Gasteiger partial charge in [0.25, 0.3) is 0 Å². The molecule has 2 aliphatic rings. The maximum Gasteiger partial charge on any atom is 0.334 e. The molecular formula is C22H38O7. The van der Waals surface area contributed by atoms with E-state index in [9.17, 15) is 25.2 Å². The fourth-order valence-electron chi connectivity index (χ4n) is 4.14. The maximum absolute atomic E-state index is 11.6. The number of aliphatic hydroxyl groups is 4. The fourth-order valence-corrected chi connectivity index (χ4v) is 4.14. The van der Waals surface area contributed by atoms with Gasteiger partial charge < -0.3 is 29.9 Å². The van der Waals surface area contributed by atoms with Crippen LogP contribution in [-0.2, 0) is 14.3 Å². The maximum atomic E-state index is 11.6. The van der Waals surface area contributed by atoms with Crippen LogP contribution in [0.4, 0.5) is 0 Å². The normalized spacial score (nSPS) is 28.7. The zero-order chi connectivity index (χ0) is 21.4. The number of carbonyl (C=O) groups excluding carboxylic acids is 1. The van der Waals surface area contributed by atoms with Crippen LogP contribution in [0.25, 0.3) is 0 Å². The van der Waals surface area contributed by atoms with Gasteiger partial charge in [0, 0.05) is 12.0 Å². The van der Waals surface area contributed by atoms with Crippen molar-refractivity contribution < 1.29 is 34.7 Å². The Labute approximate surface area is 173 Å². The minimum absolute atomic E-state index is 0.135. The first kappa shape index (κ1) is 24.3. The Bertz CT molecular complexity index is 535. The summed E-state index contributed by atoms with van der Waals surface area (Å²) < 4.78 is 10.8. The summed E-state index contributed by atoms with van der Waals surface area (Å²) in [6.45, 7) is 3.88. The lowest BCUT2D eigenvalue weighted by Crippen LogP contribution is -2.31. The molecule has 0 bridgehead atoms. The molecule has 0 spiro atoms. The molecule has 0 unspecified atom stereocenters. The molecule has 0 amide bonds. The van der Waals surface area contributed by atoms with E-state index in [-0.39, 0.29) is 31.2 Å². The van der Waals surface area contributed by atoms with Gasteiger partial charge in [0.1, 0.15) is 6.10 Å². The molecule has 0 radical (unpaired) electrons. The third kappa shape index (κ3) is 7.98. The molecule has 1 fully saturated rings. The summed E-state index contributed by atoms with van der Waals surface area (Å²) in [5, 5.41) is 40.9. The summed E-state index contributed by atoms with van der Waals surface area (Å²) in [7, 11) is 0. The molecule has 29 heavy (non-hydrogen) atoms. The van der Waals surface area contributed by atoms with Crippen LogP contribution in [0.3, 0.4) is 0 Å². The Balaban J connectivity index is 1.64. The van der Waals surface area contributed by atoms with Crippen molar-refractivity contribution in [3.8, 4) is 0 Å². The van der Waals surface area contributed by atoms with Crippen LogP contribution < -0.4 is 0 Å². The first-order chi connectivity index (χ1) is 13.8. The smallest absolute Gasteiger partial charge is 0.334 e. The number of aliphatic hydroxyl groups excluding tert-OH is 4. The van der Waals surface area contributed by atoms with Crippen molar-refractivity contribution in [3.63, 3.8) is 0 Å². The van der Waals surface area contributed by atoms with E-state index in [1.807, 2.05) is 0 Å². The molecule has 168 valence electrons. The van der Waals surface area contributed by atoms with Crippen LogP contribution in [0.2, 0.25) is 0 Å². The van der Waals surface area contributed by atoms with E-state index in [1.54, 1.807) is 13.0 Å². The molecule has 7 heteroatoms. The van der Waals surface area contributed by atoms with Crippen molar-refractivity contribution in [1.29, 1.82) is 0 Å². The minimum atomic E-state index is -0.836. The fraction of sp³-hybridized carbons (Fsp3) is 0.864. The molecule has 0 aromatic heterocycles. The number of hydrogen-bond acceptors (Lipinski definition) is 7. The Kier molecular flexibility index (Phi) is 10.1. The molecule has 4 N–H and O–H groups in total. The molecule has 1 saturated heterocycles. The van der Waals surface area contributed by atoms with E-state index in [0.717, 1.165) is 32.1 Å². The van der Waals surface area contributed by atoms with Crippen LogP contribution in [0, 0.1) is 0 Å². The largest absolute Gasteiger partial charge is 0.455 e. The third-order valence-electron chi connectivity index (χ3n) is 5.83. The first-order valence-corrected chi connectivity index (χ1v) is 11.1. The highest BCUT2D eigenvalue weighted by molar-refractivity contribution is 5.90. The molecule has 0 aliphatic carbocycles. The molecule has 0 aromatic rings. The third-order valence-corrected chi connectivity index (χ3v) is 5.83. The van der Waals surface area contributed by atoms with Crippen LogP contribution >= 0.6 is 0 Å². The van der Waals surface area contributed by atoms with Crippen LogP contribution in [0.15, 0.2) is 11.6 Å². The van der Waals surface area contributed by atoms with Crippen molar-refractivity contribution in [3.05, 3.63) is 11.6 Å². The lowest BCUT2D eigenvalue weighted by atomic mass is 9.97. The number of carbonyl (C=O) groups is 1. The summed E-state index contributed by atoms with van der Waals surface area (Å²) >= 11 is 0. The summed E-state index contributed by atoms with van der Waals surface area (Å²) in [6.07, 6.45) is 4.40. The van der Waals surface area contributed by atoms with Crippen LogP contribution in [0.5, 0.6) is 0 Å². The van der Waals surface area contributed by atoms with E-state index in [4.69, 9.17) is 9.47 Å². The highest BCUT2D eigenvalue weighted by Crippen LogP contribution is 2.28. The summed E-state index contributed by atoms with van der Waals surface area (Å²) in [4.78, 5) is 11.6.